The maximum atomic E-state index is 6.31. The smallest absolute Gasteiger partial charge is 0.135 e. The summed E-state index contributed by atoms with van der Waals surface area (Å²) in [5, 5.41) is 8.56. The molecule has 1 heterocycles. The Kier molecular flexibility index (Phi) is 7.89. The summed E-state index contributed by atoms with van der Waals surface area (Å²) in [5.74, 6) is 0.878. The minimum atomic E-state index is 0.878. The first-order valence-electron chi connectivity index (χ1n) is 19.6. The molecular weight excluding hydrogens is 689 g/mol. The molecule has 57 heavy (non-hydrogen) atoms. The molecule has 1 nitrogen and oxygen atoms in total. The second-order valence-corrected chi connectivity index (χ2v) is 14.8. The Labute approximate surface area is 331 Å². The molecule has 0 spiro atoms. The molecule has 0 aliphatic carbocycles. The maximum absolute atomic E-state index is 6.31. The van der Waals surface area contributed by atoms with E-state index < -0.39 is 0 Å². The molecule has 0 saturated carbocycles. The van der Waals surface area contributed by atoms with E-state index in [1.807, 2.05) is 18.2 Å². The predicted octanol–water partition coefficient (Wildman–Crippen LogP) is 15.9. The van der Waals surface area contributed by atoms with E-state index in [9.17, 15) is 0 Å². The van der Waals surface area contributed by atoms with E-state index >= 15 is 0 Å². The number of benzene rings is 10. The molecular formula is C56H36O. The zero-order valence-electron chi connectivity index (χ0n) is 31.2. The zero-order chi connectivity index (χ0) is 37.7. The fourth-order valence-electron chi connectivity index (χ4n) is 8.88. The third-order valence-electron chi connectivity index (χ3n) is 11.5. The Hall–Kier alpha value is -7.48. The van der Waals surface area contributed by atoms with E-state index in [-0.39, 0.29) is 0 Å². The molecule has 11 aromatic rings. The molecule has 0 N–H and O–H groups in total. The molecule has 0 aliphatic heterocycles. The van der Waals surface area contributed by atoms with E-state index in [2.05, 4.69) is 200 Å². The Morgan fingerprint density at radius 2 is 0.702 bits per heavy atom. The number of hydrogen-bond donors (Lipinski definition) is 0. The average molecular weight is 725 g/mol. The van der Waals surface area contributed by atoms with E-state index in [1.54, 1.807) is 0 Å². The van der Waals surface area contributed by atoms with Gasteiger partial charge in [-0.1, -0.05) is 194 Å². The quantitative estimate of drug-likeness (QED) is 0.156. The van der Waals surface area contributed by atoms with Gasteiger partial charge in [-0.15, -0.1) is 0 Å². The Balaban J connectivity index is 1.12. The third-order valence-corrected chi connectivity index (χ3v) is 11.5. The van der Waals surface area contributed by atoms with Crippen LogP contribution in [0.5, 0.6) is 0 Å². The second kappa shape index (κ2) is 13.7. The lowest BCUT2D eigenvalue weighted by Crippen LogP contribution is -1.93. The molecule has 0 aliphatic rings. The van der Waals surface area contributed by atoms with Crippen LogP contribution in [0, 0.1) is 0 Å². The fraction of sp³-hybridized carbons (Fsp3) is 0. The first kappa shape index (κ1) is 32.9. The first-order valence-corrected chi connectivity index (χ1v) is 19.6. The lowest BCUT2D eigenvalue weighted by Gasteiger charge is -2.20. The summed E-state index contributed by atoms with van der Waals surface area (Å²) >= 11 is 0. The third kappa shape index (κ3) is 5.63. The van der Waals surface area contributed by atoms with Gasteiger partial charge in [0.1, 0.15) is 11.3 Å². The van der Waals surface area contributed by atoms with Gasteiger partial charge in [0.15, 0.2) is 0 Å². The summed E-state index contributed by atoms with van der Waals surface area (Å²) < 4.78 is 6.31. The predicted molar refractivity (Wildman–Crippen MR) is 241 cm³/mol. The number of hydrogen-bond acceptors (Lipinski definition) is 1. The summed E-state index contributed by atoms with van der Waals surface area (Å²) in [5.41, 5.74) is 14.1. The molecule has 0 atom stereocenters. The molecule has 0 radical (unpaired) electrons. The lowest BCUT2D eigenvalue weighted by molar-refractivity contribution is 0.631. The van der Waals surface area contributed by atoms with E-state index in [1.165, 1.54) is 82.4 Å². The van der Waals surface area contributed by atoms with Crippen LogP contribution >= 0.6 is 0 Å². The van der Waals surface area contributed by atoms with Gasteiger partial charge in [-0.25, -0.2) is 0 Å². The van der Waals surface area contributed by atoms with Crippen molar-refractivity contribution >= 4 is 43.3 Å². The van der Waals surface area contributed by atoms with Gasteiger partial charge in [0.05, 0.1) is 0 Å². The minimum absolute atomic E-state index is 0.878. The molecule has 0 unspecified atom stereocenters. The maximum Gasteiger partial charge on any atom is 0.135 e. The van der Waals surface area contributed by atoms with Crippen LogP contribution in [0.15, 0.2) is 223 Å². The topological polar surface area (TPSA) is 13.1 Å². The van der Waals surface area contributed by atoms with Crippen LogP contribution in [0.3, 0.4) is 0 Å². The standard InChI is InChI=1S/C56H36O/c1-4-16-37(17-5-1)43-31-32-51(46-23-11-10-22-45(43)46)56-49-26-14-12-24-47(49)55(48-25-13-15-27-50(48)56)41-28-30-44(52(35-41)38-18-6-2-7-19-38)40-29-33-53-42(34-40)36-54(57-53)39-20-8-3-9-21-39/h1-36H. The van der Waals surface area contributed by atoms with Gasteiger partial charge in [-0.3, -0.25) is 0 Å². The SMILES string of the molecule is c1ccc(-c2cc3cc(-c4ccc(-c5c6ccccc6c(-c6ccc(-c7ccccc7)c7ccccc67)c6ccccc56)cc4-c4ccccc4)ccc3o2)cc1. The Morgan fingerprint density at radius 1 is 0.246 bits per heavy atom. The second-order valence-electron chi connectivity index (χ2n) is 14.8. The molecule has 0 bridgehead atoms. The van der Waals surface area contributed by atoms with Crippen molar-refractivity contribution in [1.29, 1.82) is 0 Å². The normalized spacial score (nSPS) is 11.5. The van der Waals surface area contributed by atoms with Crippen molar-refractivity contribution < 1.29 is 4.42 Å². The van der Waals surface area contributed by atoms with Crippen LogP contribution in [0.1, 0.15) is 0 Å². The summed E-state index contributed by atoms with van der Waals surface area (Å²) in [7, 11) is 0. The molecule has 1 aromatic heterocycles. The summed E-state index contributed by atoms with van der Waals surface area (Å²) in [6.07, 6.45) is 0. The van der Waals surface area contributed by atoms with Crippen molar-refractivity contribution in [3.63, 3.8) is 0 Å². The van der Waals surface area contributed by atoms with Gasteiger partial charge in [-0.2, -0.15) is 0 Å². The van der Waals surface area contributed by atoms with E-state index in [0.29, 0.717) is 0 Å². The monoisotopic (exact) mass is 724 g/mol. The van der Waals surface area contributed by atoms with Crippen molar-refractivity contribution in [1.82, 2.24) is 0 Å². The zero-order valence-corrected chi connectivity index (χ0v) is 31.2. The van der Waals surface area contributed by atoms with Crippen LogP contribution in [0.2, 0.25) is 0 Å². The summed E-state index contributed by atoms with van der Waals surface area (Å²) in [4.78, 5) is 0. The Morgan fingerprint density at radius 3 is 1.32 bits per heavy atom. The summed E-state index contributed by atoms with van der Waals surface area (Å²) in [6.45, 7) is 0. The minimum Gasteiger partial charge on any atom is -0.456 e. The molecule has 1 heteroatoms. The molecule has 10 aromatic carbocycles. The average Bonchev–Trinajstić information content (AvgIpc) is 3.73. The van der Waals surface area contributed by atoms with E-state index in [4.69, 9.17) is 4.42 Å². The highest BCUT2D eigenvalue weighted by Gasteiger charge is 2.20. The van der Waals surface area contributed by atoms with E-state index in [0.717, 1.165) is 27.9 Å². The number of furan rings is 1. The highest BCUT2D eigenvalue weighted by atomic mass is 16.3. The van der Waals surface area contributed by atoms with Gasteiger partial charge < -0.3 is 4.42 Å². The van der Waals surface area contributed by atoms with Crippen molar-refractivity contribution in [2.75, 3.05) is 0 Å². The van der Waals surface area contributed by atoms with Crippen LogP contribution in [0.4, 0.5) is 0 Å². The first-order chi connectivity index (χ1) is 28.3. The van der Waals surface area contributed by atoms with Gasteiger partial charge in [0.2, 0.25) is 0 Å². The molecule has 0 fully saturated rings. The highest BCUT2D eigenvalue weighted by molar-refractivity contribution is 6.24. The van der Waals surface area contributed by atoms with Gasteiger partial charge in [-0.05, 0) is 112 Å². The van der Waals surface area contributed by atoms with Gasteiger partial charge in [0, 0.05) is 10.9 Å². The number of rotatable bonds is 6. The van der Waals surface area contributed by atoms with Gasteiger partial charge in [0.25, 0.3) is 0 Å². The van der Waals surface area contributed by atoms with Crippen molar-refractivity contribution in [2.24, 2.45) is 0 Å². The molecule has 11 rings (SSSR count). The van der Waals surface area contributed by atoms with Crippen LogP contribution in [-0.4, -0.2) is 0 Å². The van der Waals surface area contributed by atoms with Crippen LogP contribution in [-0.2, 0) is 0 Å². The lowest BCUT2D eigenvalue weighted by atomic mass is 9.83. The molecule has 0 amide bonds. The molecule has 266 valence electrons. The van der Waals surface area contributed by atoms with Crippen LogP contribution < -0.4 is 0 Å². The highest BCUT2D eigenvalue weighted by Crippen LogP contribution is 2.48. The summed E-state index contributed by atoms with van der Waals surface area (Å²) in [6, 6.07) is 79.0. The van der Waals surface area contributed by atoms with Crippen LogP contribution in [0.25, 0.3) is 110 Å². The fourth-order valence-corrected chi connectivity index (χ4v) is 8.88. The largest absolute Gasteiger partial charge is 0.456 e. The number of fused-ring (bicyclic) bond motifs is 4. The van der Waals surface area contributed by atoms with Gasteiger partial charge >= 0.3 is 0 Å². The molecule has 0 saturated heterocycles. The Bertz CT molecular complexity index is 3210. The van der Waals surface area contributed by atoms with Crippen molar-refractivity contribution in [3.8, 4) is 67.0 Å². The van der Waals surface area contributed by atoms with Crippen molar-refractivity contribution in [3.05, 3.63) is 218 Å². The van der Waals surface area contributed by atoms with Crippen molar-refractivity contribution in [2.45, 2.75) is 0 Å².